The predicted molar refractivity (Wildman–Crippen MR) is 84.2 cm³/mol. The quantitative estimate of drug-likeness (QED) is 0.547. The lowest BCUT2D eigenvalue weighted by atomic mass is 9.84. The van der Waals surface area contributed by atoms with Crippen LogP contribution in [0.2, 0.25) is 0 Å². The Kier molecular flexibility index (Phi) is 6.24. The second-order valence-corrected chi connectivity index (χ2v) is 6.81. The number of thioether (sulfide) groups is 1. The Morgan fingerprint density at radius 2 is 1.91 bits per heavy atom. The molecule has 2 nitrogen and oxygen atoms in total. The third-order valence-electron chi connectivity index (χ3n) is 3.99. The van der Waals surface area contributed by atoms with Gasteiger partial charge in [0.2, 0.25) is 0 Å². The van der Waals surface area contributed by atoms with Gasteiger partial charge in [0.05, 0.1) is 11.9 Å². The normalized spacial score (nSPS) is 18.0. The van der Waals surface area contributed by atoms with Gasteiger partial charge in [-0.25, -0.2) is 4.79 Å². The van der Waals surface area contributed by atoms with Crippen LogP contribution in [-0.4, -0.2) is 23.7 Å². The lowest BCUT2D eigenvalue weighted by Crippen LogP contribution is -2.45. The predicted octanol–water partition coefficient (Wildman–Crippen LogP) is 4.93. The second kappa shape index (κ2) is 7.95. The van der Waals surface area contributed by atoms with Gasteiger partial charge in [0.25, 0.3) is 0 Å². The van der Waals surface area contributed by atoms with Crippen LogP contribution in [0.15, 0.2) is 35.2 Å². The zero-order chi connectivity index (χ0) is 16.0. The van der Waals surface area contributed by atoms with Crippen molar-refractivity contribution in [2.75, 3.05) is 6.61 Å². The number of carbonyl (C=O) groups is 1. The molecule has 0 bridgehead atoms. The molecule has 1 aromatic carbocycles. The summed E-state index contributed by atoms with van der Waals surface area (Å²) < 4.78 is 33.9. The third-order valence-corrected chi connectivity index (χ3v) is 5.47. The molecule has 1 unspecified atom stereocenters. The SMILES string of the molecule is CCOC(=O)C(F)(F)C(Sc1ccccc1)C1CCCCC1. The van der Waals surface area contributed by atoms with E-state index in [-0.39, 0.29) is 12.5 Å². The van der Waals surface area contributed by atoms with E-state index in [0.29, 0.717) is 0 Å². The van der Waals surface area contributed by atoms with Gasteiger partial charge in [-0.3, -0.25) is 0 Å². The third kappa shape index (κ3) is 4.22. The first kappa shape index (κ1) is 17.3. The van der Waals surface area contributed by atoms with Crippen LogP contribution in [-0.2, 0) is 9.53 Å². The molecule has 1 aliphatic carbocycles. The maximum absolute atomic E-state index is 14.6. The molecular formula is C17H22F2O2S. The first-order valence-corrected chi connectivity index (χ1v) is 8.70. The van der Waals surface area contributed by atoms with Crippen LogP contribution in [0, 0.1) is 5.92 Å². The van der Waals surface area contributed by atoms with Crippen molar-refractivity contribution in [3.05, 3.63) is 30.3 Å². The summed E-state index contributed by atoms with van der Waals surface area (Å²) in [5, 5.41) is -1.06. The molecule has 22 heavy (non-hydrogen) atoms. The molecule has 0 N–H and O–H groups in total. The molecule has 1 fully saturated rings. The summed E-state index contributed by atoms with van der Waals surface area (Å²) in [6.07, 6.45) is 4.49. The van der Waals surface area contributed by atoms with Crippen molar-refractivity contribution < 1.29 is 18.3 Å². The molecular weight excluding hydrogens is 306 g/mol. The number of rotatable bonds is 6. The molecule has 122 valence electrons. The van der Waals surface area contributed by atoms with Gasteiger partial charge in [0.15, 0.2) is 0 Å². The Balaban J connectivity index is 2.21. The first-order valence-electron chi connectivity index (χ1n) is 7.82. The van der Waals surface area contributed by atoms with E-state index in [2.05, 4.69) is 4.74 Å². The fourth-order valence-electron chi connectivity index (χ4n) is 2.89. The summed E-state index contributed by atoms with van der Waals surface area (Å²) in [4.78, 5) is 12.5. The van der Waals surface area contributed by atoms with E-state index in [9.17, 15) is 13.6 Å². The maximum Gasteiger partial charge on any atom is 0.378 e. The van der Waals surface area contributed by atoms with Crippen molar-refractivity contribution in [1.82, 2.24) is 0 Å². The van der Waals surface area contributed by atoms with Gasteiger partial charge >= 0.3 is 11.9 Å². The minimum atomic E-state index is -3.46. The molecule has 0 amide bonds. The molecule has 2 rings (SSSR count). The van der Waals surface area contributed by atoms with Crippen LogP contribution in [0.3, 0.4) is 0 Å². The molecule has 0 aliphatic heterocycles. The number of benzene rings is 1. The zero-order valence-corrected chi connectivity index (χ0v) is 13.6. The Hall–Kier alpha value is -1.10. The van der Waals surface area contributed by atoms with Crippen LogP contribution in [0.4, 0.5) is 8.78 Å². The van der Waals surface area contributed by atoms with E-state index in [1.54, 1.807) is 6.92 Å². The topological polar surface area (TPSA) is 26.3 Å². The summed E-state index contributed by atoms with van der Waals surface area (Å²) in [7, 11) is 0. The summed E-state index contributed by atoms with van der Waals surface area (Å²) >= 11 is 1.11. The Morgan fingerprint density at radius 3 is 2.50 bits per heavy atom. The number of carbonyl (C=O) groups excluding carboxylic acids is 1. The lowest BCUT2D eigenvalue weighted by molar-refractivity contribution is -0.173. The van der Waals surface area contributed by atoms with Gasteiger partial charge < -0.3 is 4.74 Å². The number of esters is 1. The van der Waals surface area contributed by atoms with Gasteiger partial charge in [-0.1, -0.05) is 37.5 Å². The van der Waals surface area contributed by atoms with Gasteiger partial charge in [-0.2, -0.15) is 8.78 Å². The summed E-state index contributed by atoms with van der Waals surface area (Å²) in [5.74, 6) is -5.01. The number of hydrogen-bond acceptors (Lipinski definition) is 3. The molecule has 1 saturated carbocycles. The zero-order valence-electron chi connectivity index (χ0n) is 12.8. The summed E-state index contributed by atoms with van der Waals surface area (Å²) in [5.41, 5.74) is 0. The van der Waals surface area contributed by atoms with Crippen LogP contribution in [0.1, 0.15) is 39.0 Å². The van der Waals surface area contributed by atoms with E-state index in [4.69, 9.17) is 0 Å². The average Bonchev–Trinajstić information content (AvgIpc) is 2.54. The molecule has 0 radical (unpaired) electrons. The first-order chi connectivity index (χ1) is 10.6. The van der Waals surface area contributed by atoms with E-state index in [1.165, 1.54) is 0 Å². The number of alkyl halides is 2. The Labute approximate surface area is 134 Å². The summed E-state index contributed by atoms with van der Waals surface area (Å²) in [6.45, 7) is 1.52. The van der Waals surface area contributed by atoms with E-state index < -0.39 is 17.1 Å². The molecule has 0 heterocycles. The van der Waals surface area contributed by atoms with Gasteiger partial charge in [-0.05, 0) is 37.8 Å². The summed E-state index contributed by atoms with van der Waals surface area (Å²) in [6, 6.07) is 9.11. The largest absolute Gasteiger partial charge is 0.462 e. The van der Waals surface area contributed by atoms with Crippen molar-refractivity contribution in [3.8, 4) is 0 Å². The minimum Gasteiger partial charge on any atom is -0.462 e. The Morgan fingerprint density at radius 1 is 1.27 bits per heavy atom. The lowest BCUT2D eigenvalue weighted by Gasteiger charge is -2.33. The van der Waals surface area contributed by atoms with Crippen molar-refractivity contribution in [3.63, 3.8) is 0 Å². The smallest absolute Gasteiger partial charge is 0.378 e. The van der Waals surface area contributed by atoms with E-state index in [0.717, 1.165) is 48.8 Å². The Bertz CT molecular complexity index is 473. The fraction of sp³-hybridized carbons (Fsp3) is 0.588. The molecule has 1 atom stereocenters. The van der Waals surface area contributed by atoms with Crippen molar-refractivity contribution >= 4 is 17.7 Å². The highest BCUT2D eigenvalue weighted by molar-refractivity contribution is 8.00. The highest BCUT2D eigenvalue weighted by atomic mass is 32.2. The molecule has 0 saturated heterocycles. The average molecular weight is 328 g/mol. The molecule has 0 aromatic heterocycles. The van der Waals surface area contributed by atoms with Crippen LogP contribution in [0.25, 0.3) is 0 Å². The molecule has 1 aliphatic rings. The molecule has 5 heteroatoms. The minimum absolute atomic E-state index is 0.0260. The standard InChI is InChI=1S/C17H22F2O2S/c1-2-21-16(20)17(18,19)15(13-9-5-3-6-10-13)22-14-11-7-4-8-12-14/h4,7-8,11-13,15H,2-3,5-6,9-10H2,1H3. The fourth-order valence-corrected chi connectivity index (χ4v) is 4.21. The van der Waals surface area contributed by atoms with E-state index >= 15 is 0 Å². The highest BCUT2D eigenvalue weighted by Gasteiger charge is 2.52. The number of hydrogen-bond donors (Lipinski definition) is 0. The van der Waals surface area contributed by atoms with Gasteiger partial charge in [-0.15, -0.1) is 11.8 Å². The number of ether oxygens (including phenoxy) is 1. The highest BCUT2D eigenvalue weighted by Crippen LogP contribution is 2.44. The second-order valence-electron chi connectivity index (χ2n) is 5.59. The maximum atomic E-state index is 14.6. The van der Waals surface area contributed by atoms with Gasteiger partial charge in [0, 0.05) is 4.90 Å². The van der Waals surface area contributed by atoms with E-state index in [1.807, 2.05) is 30.3 Å². The van der Waals surface area contributed by atoms with Crippen molar-refractivity contribution in [2.45, 2.75) is 55.1 Å². The molecule has 0 spiro atoms. The monoisotopic (exact) mass is 328 g/mol. The van der Waals surface area contributed by atoms with Crippen molar-refractivity contribution in [1.29, 1.82) is 0 Å². The molecule has 1 aromatic rings. The van der Waals surface area contributed by atoms with Gasteiger partial charge in [0.1, 0.15) is 0 Å². The van der Waals surface area contributed by atoms with Crippen LogP contribution < -0.4 is 0 Å². The van der Waals surface area contributed by atoms with Crippen LogP contribution >= 0.6 is 11.8 Å². The number of halogens is 2. The van der Waals surface area contributed by atoms with Crippen LogP contribution in [0.5, 0.6) is 0 Å². The van der Waals surface area contributed by atoms with Crippen molar-refractivity contribution in [2.24, 2.45) is 5.92 Å².